The molecule has 0 spiro atoms. The van der Waals surface area contributed by atoms with E-state index >= 15 is 0 Å². The molecule has 0 bridgehead atoms. The fourth-order valence-electron chi connectivity index (χ4n) is 7.84. The van der Waals surface area contributed by atoms with Crippen molar-refractivity contribution in [1.82, 2.24) is 10.6 Å². The number of nitrogens with one attached hydrogen (secondary N) is 2. The van der Waals surface area contributed by atoms with Crippen LogP contribution in [0.5, 0.6) is 0 Å². The number of hydrogen-bond donors (Lipinski definition) is 2. The molecule has 0 aromatic heterocycles. The number of rotatable bonds is 42. The van der Waals surface area contributed by atoms with Crippen molar-refractivity contribution in [2.75, 3.05) is 0 Å². The first-order valence-corrected chi connectivity index (χ1v) is 24.3. The first kappa shape index (κ1) is 50.2. The zero-order valence-corrected chi connectivity index (χ0v) is 36.4. The summed E-state index contributed by atoms with van der Waals surface area (Å²) in [5, 5.41) is 6.24. The Hall–Kier alpha value is -1.84. The van der Waals surface area contributed by atoms with Gasteiger partial charge < -0.3 is 10.6 Å². The Morgan fingerprint density at radius 3 is 0.759 bits per heavy atom. The summed E-state index contributed by atoms with van der Waals surface area (Å²) in [7, 11) is 0. The van der Waals surface area contributed by atoms with E-state index < -0.39 is 0 Å². The molecule has 0 unspecified atom stereocenters. The molecule has 4 heteroatoms. The maximum absolute atomic E-state index is 12.5. The Kier molecular flexibility index (Phi) is 37.9. The summed E-state index contributed by atoms with van der Waals surface area (Å²) in [5.74, 6) is 0.277. The summed E-state index contributed by atoms with van der Waals surface area (Å²) < 4.78 is 0. The first-order valence-electron chi connectivity index (χ1n) is 24.3. The highest BCUT2D eigenvalue weighted by atomic mass is 16.2. The molecule has 0 saturated carbocycles. The average Bonchev–Trinajstić information content (AvgIpc) is 3.18. The van der Waals surface area contributed by atoms with Crippen LogP contribution in [-0.4, -0.2) is 11.8 Å². The van der Waals surface area contributed by atoms with Gasteiger partial charge in [-0.05, 0) is 24.0 Å². The van der Waals surface area contributed by atoms with Crippen molar-refractivity contribution in [3.63, 3.8) is 0 Å². The van der Waals surface area contributed by atoms with Crippen LogP contribution in [0.25, 0.3) is 0 Å². The number of benzene rings is 1. The molecule has 0 radical (unpaired) electrons. The van der Waals surface area contributed by atoms with Crippen LogP contribution in [0.4, 0.5) is 0 Å². The summed E-state index contributed by atoms with van der Waals surface area (Å²) in [4.78, 5) is 25.1. The smallest absolute Gasteiger partial charge is 0.220 e. The van der Waals surface area contributed by atoms with E-state index in [1.165, 1.54) is 205 Å². The lowest BCUT2D eigenvalue weighted by atomic mass is 10.0. The minimum atomic E-state index is 0.138. The Morgan fingerprint density at radius 2 is 0.537 bits per heavy atom. The molecule has 0 aliphatic rings. The highest BCUT2D eigenvalue weighted by Crippen LogP contribution is 2.17. The molecule has 1 rings (SSSR count). The SMILES string of the molecule is CCCCCCCCCCCCCCCCCCCCC(=O)NCc1ccccc1CNC(=O)CCCCCCCCCCCCCCCCCCCC. The average molecular weight is 753 g/mol. The molecular formula is C50H92N2O2. The third-order valence-electron chi connectivity index (χ3n) is 11.6. The van der Waals surface area contributed by atoms with Gasteiger partial charge in [0.25, 0.3) is 0 Å². The van der Waals surface area contributed by atoms with Gasteiger partial charge in [-0.1, -0.05) is 256 Å². The van der Waals surface area contributed by atoms with Crippen LogP contribution in [0.2, 0.25) is 0 Å². The quantitative estimate of drug-likeness (QED) is 0.0653. The van der Waals surface area contributed by atoms with Crippen molar-refractivity contribution in [3.05, 3.63) is 35.4 Å². The lowest BCUT2D eigenvalue weighted by Gasteiger charge is -2.12. The molecular weight excluding hydrogens is 661 g/mol. The largest absolute Gasteiger partial charge is 0.352 e. The number of unbranched alkanes of at least 4 members (excludes halogenated alkanes) is 34. The third kappa shape index (κ3) is 34.6. The molecule has 4 nitrogen and oxygen atoms in total. The van der Waals surface area contributed by atoms with Crippen molar-refractivity contribution in [2.24, 2.45) is 0 Å². The maximum atomic E-state index is 12.5. The zero-order valence-electron chi connectivity index (χ0n) is 36.4. The van der Waals surface area contributed by atoms with Gasteiger partial charge in [0.15, 0.2) is 0 Å². The van der Waals surface area contributed by atoms with Gasteiger partial charge in [0.05, 0.1) is 0 Å². The molecule has 1 aromatic rings. The fourth-order valence-corrected chi connectivity index (χ4v) is 7.84. The van der Waals surface area contributed by atoms with E-state index in [1.807, 2.05) is 12.1 Å². The lowest BCUT2D eigenvalue weighted by molar-refractivity contribution is -0.122. The van der Waals surface area contributed by atoms with E-state index in [1.54, 1.807) is 0 Å². The summed E-state index contributed by atoms with van der Waals surface area (Å²) in [6.45, 7) is 5.64. The Bertz CT molecular complexity index is 871. The maximum Gasteiger partial charge on any atom is 0.220 e. The fraction of sp³-hybridized carbons (Fsp3) is 0.840. The Morgan fingerprint density at radius 1 is 0.333 bits per heavy atom. The van der Waals surface area contributed by atoms with Crippen molar-refractivity contribution in [3.8, 4) is 0 Å². The van der Waals surface area contributed by atoms with Gasteiger partial charge >= 0.3 is 0 Å². The number of hydrogen-bond acceptors (Lipinski definition) is 2. The molecule has 0 atom stereocenters. The molecule has 0 saturated heterocycles. The third-order valence-corrected chi connectivity index (χ3v) is 11.6. The van der Waals surface area contributed by atoms with Crippen LogP contribution >= 0.6 is 0 Å². The summed E-state index contributed by atoms with van der Waals surface area (Å²) in [6, 6.07) is 8.16. The predicted molar refractivity (Wildman–Crippen MR) is 237 cm³/mol. The molecule has 2 N–H and O–H groups in total. The number of amides is 2. The van der Waals surface area contributed by atoms with E-state index in [9.17, 15) is 9.59 Å². The van der Waals surface area contributed by atoms with Gasteiger partial charge in [-0.25, -0.2) is 0 Å². The van der Waals surface area contributed by atoms with Crippen molar-refractivity contribution in [2.45, 2.75) is 271 Å². The molecule has 2 amide bonds. The second-order valence-electron chi connectivity index (χ2n) is 16.8. The van der Waals surface area contributed by atoms with Crippen LogP contribution in [0, 0.1) is 0 Å². The van der Waals surface area contributed by atoms with Crippen molar-refractivity contribution < 1.29 is 9.59 Å². The zero-order chi connectivity index (χ0) is 38.8. The second-order valence-corrected chi connectivity index (χ2v) is 16.8. The minimum Gasteiger partial charge on any atom is -0.352 e. The van der Waals surface area contributed by atoms with Gasteiger partial charge in [-0.15, -0.1) is 0 Å². The van der Waals surface area contributed by atoms with E-state index in [2.05, 4.69) is 36.6 Å². The van der Waals surface area contributed by atoms with Crippen LogP contribution in [-0.2, 0) is 22.7 Å². The number of carbonyl (C=O) groups is 2. The normalized spacial score (nSPS) is 11.3. The van der Waals surface area contributed by atoms with E-state index in [-0.39, 0.29) is 11.8 Å². The van der Waals surface area contributed by atoms with E-state index in [0.29, 0.717) is 25.9 Å². The highest BCUT2D eigenvalue weighted by Gasteiger charge is 2.08. The van der Waals surface area contributed by atoms with Gasteiger partial charge in [-0.2, -0.15) is 0 Å². The van der Waals surface area contributed by atoms with Crippen molar-refractivity contribution >= 4 is 11.8 Å². The van der Waals surface area contributed by atoms with Gasteiger partial charge in [0.1, 0.15) is 0 Å². The summed E-state index contributed by atoms with van der Waals surface area (Å²) >= 11 is 0. The standard InChI is InChI=1S/C50H92N2O2/c1-3-5-7-9-11-13-15-17-19-21-23-25-27-29-31-33-35-37-43-49(53)51-45-47-41-39-40-42-48(47)46-52-50(54)44-38-36-34-32-30-28-26-24-22-20-18-16-14-12-10-8-6-4-2/h39-42H,3-38,43-46H2,1-2H3,(H,51,53)(H,52,54). The van der Waals surface area contributed by atoms with Crippen LogP contribution in [0.1, 0.15) is 269 Å². The molecule has 0 fully saturated rings. The van der Waals surface area contributed by atoms with Gasteiger partial charge in [-0.3, -0.25) is 9.59 Å². The van der Waals surface area contributed by atoms with Crippen molar-refractivity contribution in [1.29, 1.82) is 0 Å². The summed E-state index contributed by atoms with van der Waals surface area (Å²) in [6.07, 6.45) is 50.1. The Labute approximate surface area is 337 Å². The molecule has 0 aliphatic carbocycles. The molecule has 1 aromatic carbocycles. The minimum absolute atomic E-state index is 0.138. The molecule has 0 heterocycles. The van der Waals surface area contributed by atoms with Crippen LogP contribution < -0.4 is 10.6 Å². The monoisotopic (exact) mass is 753 g/mol. The van der Waals surface area contributed by atoms with E-state index in [4.69, 9.17) is 0 Å². The van der Waals surface area contributed by atoms with Crippen LogP contribution in [0.3, 0.4) is 0 Å². The predicted octanol–water partition coefficient (Wildman–Crippen LogP) is 15.8. The molecule has 314 valence electrons. The van der Waals surface area contributed by atoms with Gasteiger partial charge in [0.2, 0.25) is 11.8 Å². The Balaban J connectivity index is 1.93. The molecule has 0 aliphatic heterocycles. The van der Waals surface area contributed by atoms with Crippen LogP contribution in [0.15, 0.2) is 24.3 Å². The highest BCUT2D eigenvalue weighted by molar-refractivity contribution is 5.76. The lowest BCUT2D eigenvalue weighted by Crippen LogP contribution is -2.25. The number of carbonyl (C=O) groups excluding carboxylic acids is 2. The van der Waals surface area contributed by atoms with E-state index in [0.717, 1.165) is 36.8 Å². The second kappa shape index (κ2) is 40.8. The molecule has 54 heavy (non-hydrogen) atoms. The van der Waals surface area contributed by atoms with Gasteiger partial charge in [0, 0.05) is 25.9 Å². The first-order chi connectivity index (χ1) is 26.7. The topological polar surface area (TPSA) is 58.2 Å². The summed E-state index contributed by atoms with van der Waals surface area (Å²) in [5.41, 5.74) is 2.19.